The van der Waals surface area contributed by atoms with Crippen LogP contribution in [0.15, 0.2) is 15.9 Å². The van der Waals surface area contributed by atoms with E-state index in [-0.39, 0.29) is 6.42 Å². The van der Waals surface area contributed by atoms with Crippen LogP contribution in [0.5, 0.6) is 0 Å². The van der Waals surface area contributed by atoms with Gasteiger partial charge in [-0.05, 0) is 33.8 Å². The van der Waals surface area contributed by atoms with Gasteiger partial charge in [0.15, 0.2) is 0 Å². The molecule has 0 amide bonds. The van der Waals surface area contributed by atoms with Crippen molar-refractivity contribution in [3.05, 3.63) is 20.8 Å². The van der Waals surface area contributed by atoms with Gasteiger partial charge in [0.25, 0.3) is 0 Å². The fourth-order valence-corrected chi connectivity index (χ4v) is 2.63. The molecular weight excluding hydrogens is 281 g/mol. The lowest BCUT2D eigenvalue weighted by molar-refractivity contribution is -0.140. The summed E-state index contributed by atoms with van der Waals surface area (Å²) in [5.74, 6) is 0. The smallest absolute Gasteiger partial charge is 0.388 e. The molecule has 1 aromatic heterocycles. The Hall–Kier alpha value is -0.0700. The van der Waals surface area contributed by atoms with Crippen molar-refractivity contribution in [1.29, 1.82) is 0 Å². The van der Waals surface area contributed by atoms with Crippen LogP contribution in [-0.4, -0.2) is 11.3 Å². The van der Waals surface area contributed by atoms with Gasteiger partial charge in [-0.3, -0.25) is 0 Å². The minimum absolute atomic E-state index is 0.289. The maximum Gasteiger partial charge on any atom is 0.389 e. The normalized spacial score (nSPS) is 14.4. The van der Waals surface area contributed by atoms with Crippen molar-refractivity contribution in [3.8, 4) is 0 Å². The monoisotopic (exact) mass is 288 g/mol. The predicted molar refractivity (Wildman–Crippen MR) is 52.3 cm³/mol. The molecule has 1 unspecified atom stereocenters. The van der Waals surface area contributed by atoms with Crippen molar-refractivity contribution in [3.63, 3.8) is 0 Å². The van der Waals surface area contributed by atoms with E-state index in [1.54, 1.807) is 11.4 Å². The van der Waals surface area contributed by atoms with Crippen molar-refractivity contribution in [2.24, 2.45) is 0 Å². The van der Waals surface area contributed by atoms with Crippen molar-refractivity contribution < 1.29 is 18.3 Å². The molecule has 0 saturated heterocycles. The number of rotatable bonds is 3. The molecule has 0 aliphatic rings. The van der Waals surface area contributed by atoms with Crippen LogP contribution in [0.2, 0.25) is 0 Å². The first-order valence-electron chi connectivity index (χ1n) is 3.88. The molecular formula is C8H8BrF3OS. The summed E-state index contributed by atoms with van der Waals surface area (Å²) in [5.41, 5.74) is 0. The fourth-order valence-electron chi connectivity index (χ4n) is 0.975. The zero-order valence-corrected chi connectivity index (χ0v) is 9.42. The van der Waals surface area contributed by atoms with Crippen LogP contribution in [0.4, 0.5) is 13.2 Å². The highest BCUT2D eigenvalue weighted by Crippen LogP contribution is 2.34. The van der Waals surface area contributed by atoms with Crippen molar-refractivity contribution in [1.82, 2.24) is 0 Å². The number of alkyl halides is 3. The van der Waals surface area contributed by atoms with Crippen molar-refractivity contribution in [2.75, 3.05) is 0 Å². The molecule has 0 saturated carbocycles. The van der Waals surface area contributed by atoms with Gasteiger partial charge in [0.2, 0.25) is 0 Å². The average Bonchev–Trinajstić information content (AvgIpc) is 2.46. The standard InChI is InChI=1S/C8H8BrF3OS/c9-5-2-4-14-7(5)6(13)1-3-8(10,11)12/h2,4,6,13H,1,3H2. The second-order valence-electron chi connectivity index (χ2n) is 2.80. The van der Waals surface area contributed by atoms with E-state index in [0.717, 1.165) is 0 Å². The van der Waals surface area contributed by atoms with E-state index in [1.807, 2.05) is 0 Å². The lowest BCUT2D eigenvalue weighted by Gasteiger charge is -2.11. The third-order valence-electron chi connectivity index (χ3n) is 1.65. The molecule has 1 aromatic rings. The molecule has 1 atom stereocenters. The van der Waals surface area contributed by atoms with E-state index < -0.39 is 18.7 Å². The molecule has 1 rings (SSSR count). The summed E-state index contributed by atoms with van der Waals surface area (Å²) in [6, 6.07) is 1.71. The third-order valence-corrected chi connectivity index (χ3v) is 3.62. The zero-order valence-electron chi connectivity index (χ0n) is 7.01. The van der Waals surface area contributed by atoms with Crippen molar-refractivity contribution >= 4 is 27.3 Å². The summed E-state index contributed by atoms with van der Waals surface area (Å²) < 4.78 is 36.2. The predicted octanol–water partition coefficient (Wildman–Crippen LogP) is 3.89. The van der Waals surface area contributed by atoms with Gasteiger partial charge in [-0.1, -0.05) is 0 Å². The van der Waals surface area contributed by atoms with E-state index in [2.05, 4.69) is 15.9 Å². The molecule has 14 heavy (non-hydrogen) atoms. The quantitative estimate of drug-likeness (QED) is 0.895. The summed E-state index contributed by atoms with van der Waals surface area (Å²) in [6.07, 6.45) is -6.49. The number of hydrogen-bond donors (Lipinski definition) is 1. The third kappa shape index (κ3) is 3.59. The molecule has 1 heterocycles. The summed E-state index contributed by atoms with van der Waals surface area (Å²) in [5, 5.41) is 11.2. The zero-order chi connectivity index (χ0) is 10.8. The molecule has 0 aliphatic carbocycles. The van der Waals surface area contributed by atoms with Gasteiger partial charge in [0.05, 0.1) is 6.10 Å². The second kappa shape index (κ2) is 4.63. The first-order valence-corrected chi connectivity index (χ1v) is 5.55. The molecule has 1 N–H and O–H groups in total. The minimum Gasteiger partial charge on any atom is -0.388 e. The van der Waals surface area contributed by atoms with Gasteiger partial charge in [-0.15, -0.1) is 11.3 Å². The Morgan fingerprint density at radius 1 is 1.50 bits per heavy atom. The molecule has 0 aromatic carbocycles. The Kier molecular flexibility index (Phi) is 3.97. The maximum atomic E-state index is 11.8. The van der Waals surface area contributed by atoms with E-state index in [0.29, 0.717) is 9.35 Å². The van der Waals surface area contributed by atoms with Crippen LogP contribution in [-0.2, 0) is 0 Å². The summed E-state index contributed by atoms with van der Waals surface area (Å²) in [4.78, 5) is 0.550. The van der Waals surface area contributed by atoms with Crippen molar-refractivity contribution in [2.45, 2.75) is 25.1 Å². The number of thiophene rings is 1. The Labute approximate surface area is 91.7 Å². The summed E-state index contributed by atoms with van der Waals surface area (Å²) >= 11 is 4.40. The highest BCUT2D eigenvalue weighted by Gasteiger charge is 2.28. The molecule has 0 aliphatic heterocycles. The van der Waals surface area contributed by atoms with Crippen LogP contribution in [0.25, 0.3) is 0 Å². The number of aliphatic hydroxyl groups is 1. The van der Waals surface area contributed by atoms with Gasteiger partial charge in [0.1, 0.15) is 0 Å². The van der Waals surface area contributed by atoms with Crippen LogP contribution < -0.4 is 0 Å². The van der Waals surface area contributed by atoms with E-state index in [4.69, 9.17) is 0 Å². The van der Waals surface area contributed by atoms with Gasteiger partial charge >= 0.3 is 6.18 Å². The minimum atomic E-state index is -4.20. The van der Waals surface area contributed by atoms with E-state index >= 15 is 0 Å². The molecule has 0 spiro atoms. The first-order chi connectivity index (χ1) is 6.40. The largest absolute Gasteiger partial charge is 0.389 e. The van der Waals surface area contributed by atoms with E-state index in [9.17, 15) is 18.3 Å². The Morgan fingerprint density at radius 2 is 2.14 bits per heavy atom. The SMILES string of the molecule is OC(CCC(F)(F)F)c1sccc1Br. The summed E-state index contributed by atoms with van der Waals surface area (Å²) in [6.45, 7) is 0. The topological polar surface area (TPSA) is 20.2 Å². The van der Waals surface area contributed by atoms with Gasteiger partial charge < -0.3 is 5.11 Å². The lowest BCUT2D eigenvalue weighted by atomic mass is 10.1. The molecule has 80 valence electrons. The molecule has 0 radical (unpaired) electrons. The molecule has 0 bridgehead atoms. The molecule has 1 nitrogen and oxygen atoms in total. The Bertz CT molecular complexity index is 297. The number of aliphatic hydroxyl groups excluding tert-OH is 1. The van der Waals surface area contributed by atoms with Gasteiger partial charge in [-0.25, -0.2) is 0 Å². The number of halogens is 4. The maximum absolute atomic E-state index is 11.8. The highest BCUT2D eigenvalue weighted by molar-refractivity contribution is 9.10. The molecule has 0 fully saturated rings. The Morgan fingerprint density at radius 3 is 2.57 bits per heavy atom. The van der Waals surface area contributed by atoms with Crippen LogP contribution in [0, 0.1) is 0 Å². The Balaban J connectivity index is 2.51. The van der Waals surface area contributed by atoms with Gasteiger partial charge in [0, 0.05) is 15.8 Å². The van der Waals surface area contributed by atoms with Crippen LogP contribution in [0.3, 0.4) is 0 Å². The van der Waals surface area contributed by atoms with Gasteiger partial charge in [-0.2, -0.15) is 13.2 Å². The lowest BCUT2D eigenvalue weighted by Crippen LogP contribution is -2.09. The van der Waals surface area contributed by atoms with Crippen LogP contribution >= 0.6 is 27.3 Å². The fraction of sp³-hybridized carbons (Fsp3) is 0.500. The van der Waals surface area contributed by atoms with Crippen LogP contribution in [0.1, 0.15) is 23.8 Å². The first kappa shape index (κ1) is 12.0. The molecule has 6 heteroatoms. The summed E-state index contributed by atoms with van der Waals surface area (Å²) in [7, 11) is 0. The second-order valence-corrected chi connectivity index (χ2v) is 4.60. The van der Waals surface area contributed by atoms with E-state index in [1.165, 1.54) is 11.3 Å². The number of hydrogen-bond acceptors (Lipinski definition) is 2. The average molecular weight is 289 g/mol. The highest BCUT2D eigenvalue weighted by atomic mass is 79.9.